The second-order valence-corrected chi connectivity index (χ2v) is 6.41. The molecule has 0 aliphatic rings. The van der Waals surface area contributed by atoms with E-state index in [0.29, 0.717) is 5.92 Å². The van der Waals surface area contributed by atoms with Gasteiger partial charge in [0.05, 0.1) is 0 Å². The van der Waals surface area contributed by atoms with Gasteiger partial charge >= 0.3 is 0 Å². The van der Waals surface area contributed by atoms with E-state index in [0.717, 1.165) is 28.8 Å². The Morgan fingerprint density at radius 2 is 1.88 bits per heavy atom. The Labute approximate surface area is 150 Å². The summed E-state index contributed by atoms with van der Waals surface area (Å²) in [6, 6.07) is 15.9. The zero-order valence-electron chi connectivity index (χ0n) is 15.3. The molecule has 0 saturated heterocycles. The molecule has 2 aromatic rings. The molecule has 1 N–H and O–H groups in total. The fourth-order valence-corrected chi connectivity index (χ4v) is 2.68. The van der Waals surface area contributed by atoms with E-state index in [-0.39, 0.29) is 11.5 Å². The number of hydrogen-bond acceptors (Lipinski definition) is 2. The van der Waals surface area contributed by atoms with Crippen molar-refractivity contribution in [3.05, 3.63) is 70.3 Å². The van der Waals surface area contributed by atoms with Gasteiger partial charge in [-0.1, -0.05) is 63.2 Å². The van der Waals surface area contributed by atoms with Crippen molar-refractivity contribution >= 4 is 17.7 Å². The molecule has 0 unspecified atom stereocenters. The third-order valence-corrected chi connectivity index (χ3v) is 4.26. The first-order valence-electron chi connectivity index (χ1n) is 8.57. The molecule has 3 heteroatoms. The molecule has 2 aromatic carbocycles. The number of benzene rings is 2. The number of anilines is 1. The number of amides is 1. The summed E-state index contributed by atoms with van der Waals surface area (Å²) < 4.78 is 0. The molecule has 2 rings (SSSR count). The van der Waals surface area contributed by atoms with Gasteiger partial charge in [-0.05, 0) is 47.6 Å². The lowest BCUT2D eigenvalue weighted by atomic mass is 10.0. The molecule has 0 saturated carbocycles. The topological polar surface area (TPSA) is 52.9 Å². The van der Waals surface area contributed by atoms with Crippen LogP contribution in [-0.2, 0) is 11.2 Å². The van der Waals surface area contributed by atoms with Crippen LogP contribution in [0.5, 0.6) is 0 Å². The lowest BCUT2D eigenvalue weighted by Gasteiger charge is -2.12. The largest absolute Gasteiger partial charge is 0.321 e. The van der Waals surface area contributed by atoms with Gasteiger partial charge in [-0.2, -0.15) is 5.26 Å². The van der Waals surface area contributed by atoms with Crippen molar-refractivity contribution in [2.75, 3.05) is 5.32 Å². The van der Waals surface area contributed by atoms with Crippen molar-refractivity contribution in [3.63, 3.8) is 0 Å². The van der Waals surface area contributed by atoms with Gasteiger partial charge in [-0.3, -0.25) is 4.79 Å². The lowest BCUT2D eigenvalue weighted by molar-refractivity contribution is -0.112. The normalized spacial score (nSPS) is 11.3. The monoisotopic (exact) mass is 332 g/mol. The predicted octanol–water partition coefficient (Wildman–Crippen LogP) is 5.23. The fourth-order valence-electron chi connectivity index (χ4n) is 2.68. The minimum atomic E-state index is -0.376. The molecule has 0 bridgehead atoms. The second kappa shape index (κ2) is 8.30. The minimum Gasteiger partial charge on any atom is -0.321 e. The zero-order valence-corrected chi connectivity index (χ0v) is 15.3. The molecule has 1 amide bonds. The lowest BCUT2D eigenvalue weighted by Crippen LogP contribution is -2.15. The van der Waals surface area contributed by atoms with Gasteiger partial charge in [0.1, 0.15) is 11.6 Å². The second-order valence-electron chi connectivity index (χ2n) is 6.41. The molecular formula is C22H24N2O. The molecule has 0 aliphatic heterocycles. The molecular weight excluding hydrogens is 308 g/mol. The Kier molecular flexibility index (Phi) is 6.14. The highest BCUT2D eigenvalue weighted by Crippen LogP contribution is 2.22. The van der Waals surface area contributed by atoms with Crippen molar-refractivity contribution in [1.29, 1.82) is 5.26 Å². The molecule has 0 spiro atoms. The van der Waals surface area contributed by atoms with Crippen LogP contribution in [0.2, 0.25) is 0 Å². The maximum atomic E-state index is 12.5. The maximum absolute atomic E-state index is 12.5. The van der Waals surface area contributed by atoms with Crippen LogP contribution in [0.1, 0.15) is 48.9 Å². The van der Waals surface area contributed by atoms with E-state index < -0.39 is 0 Å². The first-order chi connectivity index (χ1) is 12.0. The first kappa shape index (κ1) is 18.5. The van der Waals surface area contributed by atoms with Gasteiger partial charge in [0.25, 0.3) is 5.91 Å². The highest BCUT2D eigenvalue weighted by atomic mass is 16.1. The van der Waals surface area contributed by atoms with E-state index in [4.69, 9.17) is 0 Å². The first-order valence-corrected chi connectivity index (χ1v) is 8.57. The standard InChI is InChI=1S/C22H24N2O/c1-5-18-8-6-7-16(4)21(18)24-22(25)20(14-23)13-17-9-11-19(12-10-17)15(2)3/h6-13,15H,5H2,1-4H3,(H,24,25)/b20-13-. The molecule has 0 aromatic heterocycles. The molecule has 0 aliphatic carbocycles. The predicted molar refractivity (Wildman–Crippen MR) is 103 cm³/mol. The molecule has 0 fully saturated rings. The summed E-state index contributed by atoms with van der Waals surface area (Å²) in [4.78, 5) is 12.5. The van der Waals surface area contributed by atoms with Crippen LogP contribution in [0.15, 0.2) is 48.0 Å². The van der Waals surface area contributed by atoms with Gasteiger partial charge in [-0.25, -0.2) is 0 Å². The maximum Gasteiger partial charge on any atom is 0.266 e. The highest BCUT2D eigenvalue weighted by Gasteiger charge is 2.13. The quantitative estimate of drug-likeness (QED) is 0.602. The van der Waals surface area contributed by atoms with Gasteiger partial charge in [0.15, 0.2) is 0 Å². The van der Waals surface area contributed by atoms with Crippen LogP contribution in [0.25, 0.3) is 6.08 Å². The molecule has 0 radical (unpaired) electrons. The van der Waals surface area contributed by atoms with Crippen molar-refractivity contribution in [2.45, 2.75) is 40.0 Å². The summed E-state index contributed by atoms with van der Waals surface area (Å²) in [6.45, 7) is 8.26. The third-order valence-electron chi connectivity index (χ3n) is 4.26. The van der Waals surface area contributed by atoms with Crippen molar-refractivity contribution in [1.82, 2.24) is 0 Å². The van der Waals surface area contributed by atoms with E-state index in [1.54, 1.807) is 6.08 Å². The van der Waals surface area contributed by atoms with Crippen molar-refractivity contribution in [3.8, 4) is 6.07 Å². The van der Waals surface area contributed by atoms with Crippen LogP contribution in [0.3, 0.4) is 0 Å². The fraction of sp³-hybridized carbons (Fsp3) is 0.273. The van der Waals surface area contributed by atoms with Crippen LogP contribution in [-0.4, -0.2) is 5.91 Å². The van der Waals surface area contributed by atoms with Gasteiger partial charge in [0, 0.05) is 5.69 Å². The van der Waals surface area contributed by atoms with Crippen molar-refractivity contribution in [2.24, 2.45) is 0 Å². The number of nitrogens with zero attached hydrogens (tertiary/aromatic N) is 1. The molecule has 25 heavy (non-hydrogen) atoms. The van der Waals surface area contributed by atoms with E-state index in [9.17, 15) is 10.1 Å². The molecule has 128 valence electrons. The SMILES string of the molecule is CCc1cccc(C)c1NC(=O)/C(C#N)=C\c1ccc(C(C)C)cc1. The number of nitriles is 1. The van der Waals surface area contributed by atoms with E-state index in [1.807, 2.05) is 62.4 Å². The van der Waals surface area contributed by atoms with E-state index in [1.165, 1.54) is 5.56 Å². The summed E-state index contributed by atoms with van der Waals surface area (Å²) >= 11 is 0. The number of hydrogen-bond donors (Lipinski definition) is 1. The van der Waals surface area contributed by atoms with Crippen LogP contribution < -0.4 is 5.32 Å². The Morgan fingerprint density at radius 1 is 1.20 bits per heavy atom. The van der Waals surface area contributed by atoms with Crippen LogP contribution >= 0.6 is 0 Å². The Hall–Kier alpha value is -2.86. The summed E-state index contributed by atoms with van der Waals surface area (Å²) in [7, 11) is 0. The van der Waals surface area contributed by atoms with Crippen LogP contribution in [0.4, 0.5) is 5.69 Å². The molecule has 0 atom stereocenters. The van der Waals surface area contributed by atoms with E-state index in [2.05, 4.69) is 19.2 Å². The number of para-hydroxylation sites is 1. The van der Waals surface area contributed by atoms with E-state index >= 15 is 0 Å². The zero-order chi connectivity index (χ0) is 18.4. The number of aryl methyl sites for hydroxylation is 2. The van der Waals surface area contributed by atoms with Crippen molar-refractivity contribution < 1.29 is 4.79 Å². The Morgan fingerprint density at radius 3 is 2.44 bits per heavy atom. The van der Waals surface area contributed by atoms with Gasteiger partial charge in [0.2, 0.25) is 0 Å². The smallest absolute Gasteiger partial charge is 0.266 e. The highest BCUT2D eigenvalue weighted by molar-refractivity contribution is 6.10. The van der Waals surface area contributed by atoms with Crippen LogP contribution in [0, 0.1) is 18.3 Å². The van der Waals surface area contributed by atoms with Gasteiger partial charge < -0.3 is 5.32 Å². The number of carbonyl (C=O) groups excluding carboxylic acids is 1. The summed E-state index contributed by atoms with van der Waals surface area (Å²) in [6.07, 6.45) is 2.45. The Balaban J connectivity index is 2.26. The summed E-state index contributed by atoms with van der Waals surface area (Å²) in [5.41, 5.74) is 5.02. The molecule has 3 nitrogen and oxygen atoms in total. The summed E-state index contributed by atoms with van der Waals surface area (Å²) in [5.74, 6) is 0.0738. The Bertz CT molecular complexity index is 824. The third kappa shape index (κ3) is 4.58. The number of carbonyl (C=O) groups is 1. The molecule has 0 heterocycles. The number of nitrogens with one attached hydrogen (secondary N) is 1. The minimum absolute atomic E-state index is 0.0996. The average molecular weight is 332 g/mol. The number of rotatable bonds is 5. The average Bonchev–Trinajstić information content (AvgIpc) is 2.61. The van der Waals surface area contributed by atoms with Gasteiger partial charge in [-0.15, -0.1) is 0 Å². The summed E-state index contributed by atoms with van der Waals surface area (Å²) in [5, 5.41) is 12.3.